The Balaban J connectivity index is 0.000000263. The lowest BCUT2D eigenvalue weighted by Crippen LogP contribution is -2.35. The number of carbonyl (C=O) groups is 1. The zero-order chi connectivity index (χ0) is 21.0. The molecule has 2 aromatic rings. The summed E-state index contributed by atoms with van der Waals surface area (Å²) in [5, 5.41) is 28.7. The van der Waals surface area contributed by atoms with Crippen molar-refractivity contribution in [1.82, 2.24) is 0 Å². The minimum atomic E-state index is -5.28. The minimum Gasteiger partial charge on any atom is -0.870 e. The molecule has 0 aromatic carbocycles. The molecule has 2 atom stereocenters. The van der Waals surface area contributed by atoms with Gasteiger partial charge in [0.05, 0.1) is 6.61 Å². The molecule has 0 saturated carbocycles. The Morgan fingerprint density at radius 3 is 1.82 bits per heavy atom. The number of esters is 1. The predicted octanol–water partition coefficient (Wildman–Crippen LogP) is -2.68. The van der Waals surface area contributed by atoms with E-state index >= 15 is 0 Å². The van der Waals surface area contributed by atoms with Gasteiger partial charge in [0.15, 0.2) is 24.8 Å². The van der Waals surface area contributed by atoms with Gasteiger partial charge < -0.3 is 28.8 Å². The fourth-order valence-corrected chi connectivity index (χ4v) is 2.02. The summed E-state index contributed by atoms with van der Waals surface area (Å²) in [5.41, 5.74) is 0. The van der Waals surface area contributed by atoms with Crippen LogP contribution < -0.4 is 15.1 Å². The average molecular weight is 414 g/mol. The van der Waals surface area contributed by atoms with Crippen molar-refractivity contribution in [2.24, 2.45) is 0 Å². The molecular formula is C16H18N2O9S. The Bertz CT molecular complexity index is 760. The van der Waals surface area contributed by atoms with Gasteiger partial charge in [-0.05, 0) is 5.76 Å². The van der Waals surface area contributed by atoms with Crippen LogP contribution in [0.15, 0.2) is 72.7 Å². The van der Waals surface area contributed by atoms with E-state index in [0.717, 1.165) is 0 Å². The van der Waals surface area contributed by atoms with Gasteiger partial charge in [-0.2, -0.15) is 0 Å². The van der Waals surface area contributed by atoms with Crippen LogP contribution in [0.5, 0.6) is 0 Å². The third kappa shape index (κ3) is 8.55. The van der Waals surface area contributed by atoms with Crippen LogP contribution in [0.25, 0.3) is 0 Å². The van der Waals surface area contributed by atoms with Crippen molar-refractivity contribution in [3.63, 3.8) is 0 Å². The summed E-state index contributed by atoms with van der Waals surface area (Å²) in [4.78, 5) is 16.7. The van der Waals surface area contributed by atoms with Crippen LogP contribution in [0.2, 0.25) is 0 Å². The van der Waals surface area contributed by atoms with Gasteiger partial charge in [0.2, 0.25) is 5.76 Å². The summed E-state index contributed by atoms with van der Waals surface area (Å²) in [6.07, 6.45) is 4.01. The fraction of sp³-hybridized carbons (Fsp3) is 0.188. The third-order valence-corrected chi connectivity index (χ3v) is 3.21. The first kappa shape index (κ1) is 23.0. The van der Waals surface area contributed by atoms with E-state index in [-0.39, 0.29) is 0 Å². The number of carbonyl (C=O) groups excluding carboxylic acids is 1. The molecule has 0 fully saturated rings. The number of pyridine rings is 2. The number of aliphatic hydroxyl groups is 2. The first-order chi connectivity index (χ1) is 13.3. The van der Waals surface area contributed by atoms with E-state index in [1.165, 1.54) is 0 Å². The molecular weight excluding hydrogens is 396 g/mol. The summed E-state index contributed by atoms with van der Waals surface area (Å²) < 4.78 is 38.2. The Morgan fingerprint density at radius 2 is 1.54 bits per heavy atom. The molecule has 0 amide bonds. The zero-order valence-corrected chi connectivity index (χ0v) is 15.1. The minimum absolute atomic E-state index is 0.888. The second-order valence-corrected chi connectivity index (χ2v) is 5.90. The molecule has 1 aliphatic heterocycles. The maximum Gasteiger partial charge on any atom is 0.375 e. The number of aromatic amines is 2. The Kier molecular flexibility index (Phi) is 9.53. The number of ether oxygens (including phenoxy) is 1. The highest BCUT2D eigenvalue weighted by molar-refractivity contribution is 7.80. The molecule has 0 aliphatic carbocycles. The molecule has 0 spiro atoms. The van der Waals surface area contributed by atoms with Crippen molar-refractivity contribution < 1.29 is 52.0 Å². The normalized spacial score (nSPS) is 16.7. The van der Waals surface area contributed by atoms with Gasteiger partial charge in [-0.3, -0.25) is 0 Å². The summed E-state index contributed by atoms with van der Waals surface area (Å²) in [7, 11) is -5.28. The van der Waals surface area contributed by atoms with E-state index < -0.39 is 46.7 Å². The maximum atomic E-state index is 11.2. The number of aliphatic hydroxyl groups excluding tert-OH is 2. The van der Waals surface area contributed by atoms with Crippen LogP contribution in [0.1, 0.15) is 0 Å². The van der Waals surface area contributed by atoms with Crippen molar-refractivity contribution in [2.45, 2.75) is 12.2 Å². The van der Waals surface area contributed by atoms with Crippen LogP contribution in [-0.2, 0) is 24.1 Å². The number of rotatable bonds is 4. The van der Waals surface area contributed by atoms with E-state index in [2.05, 4.69) is 18.9 Å². The summed E-state index contributed by atoms with van der Waals surface area (Å²) in [6.45, 7) is -0.888. The van der Waals surface area contributed by atoms with Crippen LogP contribution in [0, 0.1) is 0 Å². The molecule has 3 heterocycles. The summed E-state index contributed by atoms with van der Waals surface area (Å²) in [5.74, 6) is -4.12. The van der Waals surface area contributed by atoms with Crippen LogP contribution >= 0.6 is 0 Å². The predicted molar refractivity (Wildman–Crippen MR) is 86.8 cm³/mol. The molecule has 2 aromatic heterocycles. The second kappa shape index (κ2) is 11.6. The Hall–Kier alpha value is -3.06. The van der Waals surface area contributed by atoms with Crippen LogP contribution in [-0.4, -0.2) is 48.0 Å². The molecule has 152 valence electrons. The van der Waals surface area contributed by atoms with Crippen molar-refractivity contribution in [3.05, 3.63) is 72.7 Å². The van der Waals surface area contributed by atoms with E-state index in [0.29, 0.717) is 0 Å². The second-order valence-electron chi connectivity index (χ2n) is 4.92. The van der Waals surface area contributed by atoms with Crippen LogP contribution in [0.3, 0.4) is 0 Å². The fourth-order valence-electron chi connectivity index (χ4n) is 1.66. The summed E-state index contributed by atoms with van der Waals surface area (Å²) in [6, 6.07) is 11.7. The molecule has 11 nitrogen and oxygen atoms in total. The third-order valence-electron chi connectivity index (χ3n) is 2.84. The number of aromatic nitrogens is 2. The highest BCUT2D eigenvalue weighted by Gasteiger charge is 2.35. The number of hydrogen-bond donors (Lipinski definition) is 2. The van der Waals surface area contributed by atoms with E-state index in [4.69, 9.17) is 10.2 Å². The molecule has 12 heteroatoms. The maximum absolute atomic E-state index is 11.2. The lowest BCUT2D eigenvalue weighted by Gasteiger charge is -2.20. The molecule has 0 radical (unpaired) electrons. The largest absolute Gasteiger partial charge is 0.870 e. The SMILES string of the molecule is O=C1O[C@H]([C@@H](O)CO)C([O-])=C1OS(=O)(=O)[O-].c1cc[nH+]cc1.c1cc[nH+]cc1. The first-order valence-corrected chi connectivity index (χ1v) is 8.98. The highest BCUT2D eigenvalue weighted by atomic mass is 32.3. The number of H-pyrrole nitrogens is 2. The van der Waals surface area contributed by atoms with Gasteiger partial charge in [0.1, 0.15) is 12.2 Å². The van der Waals surface area contributed by atoms with Gasteiger partial charge in [-0.15, -0.1) is 0 Å². The Labute approximate surface area is 160 Å². The summed E-state index contributed by atoms with van der Waals surface area (Å²) >= 11 is 0. The molecule has 4 N–H and O–H groups in total. The van der Waals surface area contributed by atoms with Gasteiger partial charge in [0, 0.05) is 24.3 Å². The number of hydrogen-bond acceptors (Lipinski definition) is 9. The van der Waals surface area contributed by atoms with E-state index in [9.17, 15) is 22.9 Å². The number of nitrogens with one attached hydrogen (secondary N) is 2. The van der Waals surface area contributed by atoms with Gasteiger partial charge in [-0.25, -0.2) is 23.2 Å². The van der Waals surface area contributed by atoms with Gasteiger partial charge >= 0.3 is 5.97 Å². The first-order valence-electron chi connectivity index (χ1n) is 7.64. The lowest BCUT2D eigenvalue weighted by atomic mass is 10.2. The van der Waals surface area contributed by atoms with Gasteiger partial charge in [0.25, 0.3) is 10.4 Å². The standard InChI is InChI=1S/C6H8O9S.2C5H5N/c7-1-2(8)4-3(9)5(6(10)14-4)15-16(11,12)13;2*1-2-4-6-5-3-1/h2,4,7-9H,1H2,(H,11,12,13);2*1-5H/t2-,4+;;/m0../s1. The molecule has 28 heavy (non-hydrogen) atoms. The zero-order valence-electron chi connectivity index (χ0n) is 14.3. The Morgan fingerprint density at radius 1 is 1.07 bits per heavy atom. The van der Waals surface area contributed by atoms with Crippen molar-refractivity contribution in [3.8, 4) is 0 Å². The molecule has 3 rings (SSSR count). The highest BCUT2D eigenvalue weighted by Crippen LogP contribution is 2.23. The van der Waals surface area contributed by atoms with Crippen molar-refractivity contribution in [1.29, 1.82) is 0 Å². The monoisotopic (exact) mass is 414 g/mol. The number of cyclic esters (lactones) is 1. The molecule has 0 unspecified atom stereocenters. The van der Waals surface area contributed by atoms with Crippen molar-refractivity contribution >= 4 is 16.4 Å². The van der Waals surface area contributed by atoms with E-state index in [1.807, 2.05) is 61.2 Å². The lowest BCUT2D eigenvalue weighted by molar-refractivity contribution is -0.378. The molecule has 0 bridgehead atoms. The smallest absolute Gasteiger partial charge is 0.375 e. The average Bonchev–Trinajstić information content (AvgIpc) is 2.98. The molecule has 1 aliphatic rings. The van der Waals surface area contributed by atoms with Crippen molar-refractivity contribution in [2.75, 3.05) is 6.61 Å². The topological polar surface area (TPSA) is 185 Å². The van der Waals surface area contributed by atoms with Gasteiger partial charge in [-0.1, -0.05) is 12.1 Å². The van der Waals surface area contributed by atoms with E-state index in [1.54, 1.807) is 0 Å². The quantitative estimate of drug-likeness (QED) is 0.305. The molecule has 0 saturated heterocycles. The van der Waals surface area contributed by atoms with Crippen LogP contribution in [0.4, 0.5) is 0 Å².